The van der Waals surface area contributed by atoms with Crippen LogP contribution in [-0.4, -0.2) is 19.0 Å². The molecule has 1 aliphatic rings. The molecule has 86 valence electrons. The van der Waals surface area contributed by atoms with Gasteiger partial charge in [-0.2, -0.15) is 0 Å². The minimum Gasteiger partial charge on any atom is -0.384 e. The lowest BCUT2D eigenvalue weighted by Gasteiger charge is -2.08. The van der Waals surface area contributed by atoms with Crippen molar-refractivity contribution < 1.29 is 4.79 Å². The fourth-order valence-electron chi connectivity index (χ4n) is 2.15. The third kappa shape index (κ3) is 2.35. The molecule has 2 rings (SSSR count). The normalized spacial score (nSPS) is 13.1. The molecule has 1 aromatic rings. The molecule has 0 saturated carbocycles. The number of anilines is 1. The summed E-state index contributed by atoms with van der Waals surface area (Å²) in [6.45, 7) is 3.68. The van der Waals surface area contributed by atoms with Crippen molar-refractivity contribution in [1.82, 2.24) is 5.32 Å². The van der Waals surface area contributed by atoms with Gasteiger partial charge in [-0.25, -0.2) is 0 Å². The minimum absolute atomic E-state index is 0.137. The van der Waals surface area contributed by atoms with Gasteiger partial charge in [0.15, 0.2) is 0 Å². The zero-order chi connectivity index (χ0) is 11.4. The van der Waals surface area contributed by atoms with Crippen LogP contribution >= 0.6 is 0 Å². The van der Waals surface area contributed by atoms with Gasteiger partial charge < -0.3 is 10.6 Å². The van der Waals surface area contributed by atoms with E-state index in [1.54, 1.807) is 0 Å². The highest BCUT2D eigenvalue weighted by atomic mass is 16.1. The maximum Gasteiger partial charge on any atom is 0.220 e. The van der Waals surface area contributed by atoms with Crippen LogP contribution in [0.15, 0.2) is 18.2 Å². The van der Waals surface area contributed by atoms with Crippen LogP contribution in [0.5, 0.6) is 0 Å². The van der Waals surface area contributed by atoms with Gasteiger partial charge in [-0.15, -0.1) is 0 Å². The maximum absolute atomic E-state index is 11.4. The van der Waals surface area contributed by atoms with Crippen LogP contribution in [0.1, 0.15) is 24.5 Å². The third-order valence-electron chi connectivity index (χ3n) is 2.93. The summed E-state index contributed by atoms with van der Waals surface area (Å²) in [5, 5.41) is 6.22. The molecule has 3 nitrogen and oxygen atoms in total. The first-order chi connectivity index (χ1) is 7.81. The van der Waals surface area contributed by atoms with E-state index in [4.69, 9.17) is 0 Å². The summed E-state index contributed by atoms with van der Waals surface area (Å²) in [5.41, 5.74) is 3.90. The highest BCUT2D eigenvalue weighted by Crippen LogP contribution is 2.27. The Balaban J connectivity index is 2.00. The molecule has 0 bridgehead atoms. The first-order valence-electron chi connectivity index (χ1n) is 5.92. The lowest BCUT2D eigenvalue weighted by molar-refractivity contribution is -0.120. The van der Waals surface area contributed by atoms with Crippen LogP contribution in [0, 0.1) is 0 Å². The largest absolute Gasteiger partial charge is 0.384 e. The van der Waals surface area contributed by atoms with Crippen molar-refractivity contribution in [2.24, 2.45) is 0 Å². The molecule has 1 aliphatic heterocycles. The number of carbonyl (C=O) groups excluding carboxylic acids is 1. The molecule has 0 aromatic heterocycles. The van der Waals surface area contributed by atoms with Crippen LogP contribution < -0.4 is 10.6 Å². The van der Waals surface area contributed by atoms with Gasteiger partial charge in [0.25, 0.3) is 0 Å². The summed E-state index contributed by atoms with van der Waals surface area (Å²) in [7, 11) is 0. The van der Waals surface area contributed by atoms with Gasteiger partial charge in [-0.3, -0.25) is 4.79 Å². The van der Waals surface area contributed by atoms with Crippen LogP contribution in [0.4, 0.5) is 5.69 Å². The molecular weight excluding hydrogens is 200 g/mol. The van der Waals surface area contributed by atoms with Crippen LogP contribution in [0.2, 0.25) is 0 Å². The number of fused-ring (bicyclic) bond motifs is 1. The van der Waals surface area contributed by atoms with Gasteiger partial charge in [0.2, 0.25) is 5.91 Å². The highest BCUT2D eigenvalue weighted by molar-refractivity contribution is 5.76. The van der Waals surface area contributed by atoms with E-state index in [0.29, 0.717) is 13.0 Å². The number of nitrogens with one attached hydrogen (secondary N) is 2. The van der Waals surface area contributed by atoms with E-state index in [2.05, 4.69) is 28.8 Å². The van der Waals surface area contributed by atoms with Crippen molar-refractivity contribution in [1.29, 1.82) is 0 Å². The molecule has 2 N–H and O–H groups in total. The zero-order valence-corrected chi connectivity index (χ0v) is 9.68. The molecule has 0 fully saturated rings. The lowest BCUT2D eigenvalue weighted by Crippen LogP contribution is -2.22. The zero-order valence-electron chi connectivity index (χ0n) is 9.68. The van der Waals surface area contributed by atoms with Crippen LogP contribution in [0.3, 0.4) is 0 Å². The Morgan fingerprint density at radius 2 is 2.38 bits per heavy atom. The minimum atomic E-state index is 0.137. The van der Waals surface area contributed by atoms with Crippen molar-refractivity contribution in [3.63, 3.8) is 0 Å². The summed E-state index contributed by atoms with van der Waals surface area (Å²) in [4.78, 5) is 11.4. The first-order valence-corrected chi connectivity index (χ1v) is 5.92. The second kappa shape index (κ2) is 5.01. The predicted octanol–water partition coefficient (Wildman–Crippen LogP) is 1.72. The van der Waals surface area contributed by atoms with Gasteiger partial charge in [0.1, 0.15) is 0 Å². The Morgan fingerprint density at radius 1 is 1.50 bits per heavy atom. The summed E-state index contributed by atoms with van der Waals surface area (Å²) >= 11 is 0. The van der Waals surface area contributed by atoms with Gasteiger partial charge in [-0.05, 0) is 30.9 Å². The quantitative estimate of drug-likeness (QED) is 0.808. The van der Waals surface area contributed by atoms with E-state index in [1.807, 2.05) is 6.92 Å². The Labute approximate surface area is 96.2 Å². The van der Waals surface area contributed by atoms with E-state index in [0.717, 1.165) is 19.4 Å². The molecule has 1 amide bonds. The summed E-state index contributed by atoms with van der Waals surface area (Å²) in [6.07, 6.45) is 2.50. The van der Waals surface area contributed by atoms with E-state index < -0.39 is 0 Å². The fourth-order valence-corrected chi connectivity index (χ4v) is 2.15. The summed E-state index contributed by atoms with van der Waals surface area (Å²) in [5.74, 6) is 0.137. The van der Waals surface area contributed by atoms with Gasteiger partial charge in [0.05, 0.1) is 0 Å². The van der Waals surface area contributed by atoms with Crippen LogP contribution in [0.25, 0.3) is 0 Å². The van der Waals surface area contributed by atoms with Crippen molar-refractivity contribution in [3.05, 3.63) is 29.3 Å². The summed E-state index contributed by atoms with van der Waals surface area (Å²) in [6, 6.07) is 6.35. The number of carbonyl (C=O) groups is 1. The van der Waals surface area contributed by atoms with Crippen molar-refractivity contribution in [2.45, 2.75) is 26.2 Å². The second-order valence-electron chi connectivity index (χ2n) is 4.08. The van der Waals surface area contributed by atoms with Crippen LogP contribution in [-0.2, 0) is 17.6 Å². The molecule has 0 spiro atoms. The summed E-state index contributed by atoms with van der Waals surface area (Å²) < 4.78 is 0. The molecule has 0 atom stereocenters. The highest BCUT2D eigenvalue weighted by Gasteiger charge is 2.13. The monoisotopic (exact) mass is 218 g/mol. The van der Waals surface area contributed by atoms with E-state index >= 15 is 0 Å². The fraction of sp³-hybridized carbons (Fsp3) is 0.462. The molecule has 0 aliphatic carbocycles. The first kappa shape index (κ1) is 11.0. The smallest absolute Gasteiger partial charge is 0.220 e. The Morgan fingerprint density at radius 3 is 3.19 bits per heavy atom. The Kier molecular flexibility index (Phi) is 3.44. The molecule has 1 heterocycles. The average Bonchev–Trinajstić information content (AvgIpc) is 2.75. The van der Waals surface area contributed by atoms with Crippen molar-refractivity contribution in [3.8, 4) is 0 Å². The Hall–Kier alpha value is -1.51. The molecule has 16 heavy (non-hydrogen) atoms. The van der Waals surface area contributed by atoms with Gasteiger partial charge in [-0.1, -0.05) is 18.2 Å². The molecule has 0 radical (unpaired) electrons. The maximum atomic E-state index is 11.4. The van der Waals surface area contributed by atoms with E-state index in [1.165, 1.54) is 16.8 Å². The molecule has 0 unspecified atom stereocenters. The molecule has 3 heteroatoms. The number of para-hydroxylation sites is 1. The number of benzene rings is 1. The molecule has 0 saturated heterocycles. The third-order valence-corrected chi connectivity index (χ3v) is 2.93. The molecule has 1 aromatic carbocycles. The van der Waals surface area contributed by atoms with Gasteiger partial charge in [0, 0.05) is 25.2 Å². The predicted molar refractivity (Wildman–Crippen MR) is 65.6 cm³/mol. The second-order valence-corrected chi connectivity index (χ2v) is 4.08. The number of aryl methyl sites for hydroxylation is 1. The average molecular weight is 218 g/mol. The number of amides is 1. The Bertz CT molecular complexity index is 388. The van der Waals surface area contributed by atoms with Gasteiger partial charge >= 0.3 is 0 Å². The van der Waals surface area contributed by atoms with Crippen molar-refractivity contribution in [2.75, 3.05) is 18.4 Å². The molecular formula is C13H18N2O. The standard InChI is InChI=1S/C13H18N2O/c1-2-14-12(16)7-6-10-4-3-5-11-8-9-15-13(10)11/h3-5,15H,2,6-9H2,1H3,(H,14,16). The SMILES string of the molecule is CCNC(=O)CCc1cccc2c1NCC2. The number of hydrogen-bond acceptors (Lipinski definition) is 2. The number of rotatable bonds is 4. The number of hydrogen-bond donors (Lipinski definition) is 2. The van der Waals surface area contributed by atoms with E-state index in [9.17, 15) is 4.79 Å². The lowest BCUT2D eigenvalue weighted by atomic mass is 10.0. The van der Waals surface area contributed by atoms with Crippen molar-refractivity contribution >= 4 is 11.6 Å². The van der Waals surface area contributed by atoms with E-state index in [-0.39, 0.29) is 5.91 Å². The topological polar surface area (TPSA) is 41.1 Å².